The van der Waals surface area contributed by atoms with Crippen molar-refractivity contribution in [3.05, 3.63) is 105 Å². The van der Waals surface area contributed by atoms with Crippen molar-refractivity contribution < 1.29 is 19.2 Å². The van der Waals surface area contributed by atoms with Crippen LogP contribution in [0.5, 0.6) is 0 Å². The molecule has 188 valence electrons. The van der Waals surface area contributed by atoms with Gasteiger partial charge in [-0.05, 0) is 33.6 Å². The molecule has 10 nitrogen and oxygen atoms in total. The molecule has 3 aromatic rings. The maximum Gasteiger partial charge on any atom is 0.275 e. The second-order valence-electron chi connectivity index (χ2n) is 7.87. The molecule has 0 atom stereocenters. The van der Waals surface area contributed by atoms with Gasteiger partial charge in [0.1, 0.15) is 11.4 Å². The van der Waals surface area contributed by atoms with E-state index in [2.05, 4.69) is 36.8 Å². The molecule has 2 heterocycles. The summed E-state index contributed by atoms with van der Waals surface area (Å²) in [5, 5.41) is 11.8. The highest BCUT2D eigenvalue weighted by atomic mass is 79.9. The Hall–Kier alpha value is -4.22. The number of hydrogen-bond donors (Lipinski definition) is 3. The van der Waals surface area contributed by atoms with Crippen LogP contribution >= 0.6 is 27.5 Å². The van der Waals surface area contributed by atoms with Gasteiger partial charge in [0.25, 0.3) is 17.7 Å². The minimum absolute atomic E-state index is 0.0506. The maximum atomic E-state index is 13.0. The number of anilines is 1. The summed E-state index contributed by atoms with van der Waals surface area (Å²) in [7, 11) is 1.50. The van der Waals surface area contributed by atoms with Gasteiger partial charge >= 0.3 is 0 Å². The van der Waals surface area contributed by atoms with Crippen LogP contribution in [0.15, 0.2) is 83.4 Å². The zero-order valence-corrected chi connectivity index (χ0v) is 21.7. The standard InChI is InChI=1S/C25H20BrClN6O4/c1-32-11-12-33(19(34)13-15-7-3-2-4-8-15)14-18(25(32)37)28-24(36)21-20(26)22(31-30-21)29-23(35)16-9-5-6-10-17(16)27/h2-12,14H,13H2,1H3,(H,28,36)(H2,29,30,31,35). The number of amides is 4. The first-order valence-electron chi connectivity index (χ1n) is 10.9. The van der Waals surface area contributed by atoms with Crippen molar-refractivity contribution in [1.82, 2.24) is 25.3 Å². The molecule has 1 aromatic heterocycles. The molecule has 1 aliphatic rings. The monoisotopic (exact) mass is 582 g/mol. The van der Waals surface area contributed by atoms with Gasteiger partial charge in [0, 0.05) is 25.6 Å². The number of hydrogen-bond acceptors (Lipinski definition) is 5. The van der Waals surface area contributed by atoms with Gasteiger partial charge in [-0.15, -0.1) is 0 Å². The predicted octanol–water partition coefficient (Wildman–Crippen LogP) is 3.66. The normalized spacial score (nSPS) is 13.2. The van der Waals surface area contributed by atoms with Gasteiger partial charge in [-0.1, -0.05) is 54.1 Å². The Balaban J connectivity index is 1.51. The average Bonchev–Trinajstić information content (AvgIpc) is 3.18. The highest BCUT2D eigenvalue weighted by Gasteiger charge is 2.26. The van der Waals surface area contributed by atoms with Gasteiger partial charge in [0.2, 0.25) is 5.91 Å². The molecule has 1 aliphatic heterocycles. The summed E-state index contributed by atoms with van der Waals surface area (Å²) >= 11 is 9.32. The van der Waals surface area contributed by atoms with E-state index < -0.39 is 17.7 Å². The van der Waals surface area contributed by atoms with Crippen LogP contribution in [0.25, 0.3) is 0 Å². The summed E-state index contributed by atoms with van der Waals surface area (Å²) in [4.78, 5) is 53.7. The summed E-state index contributed by atoms with van der Waals surface area (Å²) in [6, 6.07) is 15.6. The van der Waals surface area contributed by atoms with Crippen molar-refractivity contribution in [1.29, 1.82) is 0 Å². The molecule has 0 saturated heterocycles. The Labute approximate surface area is 225 Å². The molecule has 4 amide bonds. The lowest BCUT2D eigenvalue weighted by Crippen LogP contribution is -2.34. The Morgan fingerprint density at radius 1 is 1.00 bits per heavy atom. The number of rotatable bonds is 6. The molecule has 0 spiro atoms. The molecule has 0 radical (unpaired) electrons. The summed E-state index contributed by atoms with van der Waals surface area (Å²) in [5.74, 6) is -2.03. The van der Waals surface area contributed by atoms with Crippen LogP contribution in [0.4, 0.5) is 5.82 Å². The van der Waals surface area contributed by atoms with E-state index >= 15 is 0 Å². The van der Waals surface area contributed by atoms with E-state index in [1.807, 2.05) is 30.3 Å². The van der Waals surface area contributed by atoms with Crippen LogP contribution < -0.4 is 10.6 Å². The summed E-state index contributed by atoms with van der Waals surface area (Å²) in [6.45, 7) is 0. The maximum absolute atomic E-state index is 13.0. The summed E-state index contributed by atoms with van der Waals surface area (Å²) in [6.07, 6.45) is 4.23. The van der Waals surface area contributed by atoms with E-state index in [1.165, 1.54) is 35.4 Å². The molecule has 0 aliphatic carbocycles. The molecule has 4 rings (SSSR count). The zero-order chi connectivity index (χ0) is 26.5. The number of halogens is 2. The van der Waals surface area contributed by atoms with Crippen molar-refractivity contribution in [3.8, 4) is 0 Å². The zero-order valence-electron chi connectivity index (χ0n) is 19.4. The van der Waals surface area contributed by atoms with Crippen molar-refractivity contribution in [2.24, 2.45) is 0 Å². The number of likely N-dealkylation sites (N-methyl/N-ethyl adjacent to an activating group) is 1. The molecule has 0 bridgehead atoms. The molecule has 3 N–H and O–H groups in total. The third-order valence-corrected chi connectivity index (χ3v) is 6.39. The van der Waals surface area contributed by atoms with Crippen molar-refractivity contribution in [2.75, 3.05) is 12.4 Å². The number of H-pyrrole nitrogens is 1. The number of nitrogens with one attached hydrogen (secondary N) is 3. The van der Waals surface area contributed by atoms with Gasteiger partial charge in [-0.25, -0.2) is 0 Å². The molecular weight excluding hydrogens is 564 g/mol. The van der Waals surface area contributed by atoms with Gasteiger partial charge in [-0.2, -0.15) is 5.10 Å². The third kappa shape index (κ3) is 5.96. The van der Waals surface area contributed by atoms with Crippen LogP contribution in [-0.4, -0.2) is 50.7 Å². The largest absolute Gasteiger partial charge is 0.315 e. The highest BCUT2D eigenvalue weighted by Crippen LogP contribution is 2.25. The van der Waals surface area contributed by atoms with Crippen LogP contribution in [0.2, 0.25) is 5.02 Å². The van der Waals surface area contributed by atoms with E-state index in [1.54, 1.807) is 24.3 Å². The highest BCUT2D eigenvalue weighted by molar-refractivity contribution is 9.10. The SMILES string of the molecule is CN1C=CN(C(=O)Cc2ccccc2)C=C(NC(=O)c2[nH]nc(NC(=O)c3ccccc3Cl)c2Br)C1=O. The first-order valence-corrected chi connectivity index (χ1v) is 12.0. The fraction of sp³-hybridized carbons (Fsp3) is 0.0800. The first-order chi connectivity index (χ1) is 17.7. The lowest BCUT2D eigenvalue weighted by atomic mass is 10.1. The number of nitrogens with zero attached hydrogens (tertiary/aromatic N) is 3. The van der Waals surface area contributed by atoms with E-state index in [-0.39, 0.29) is 44.6 Å². The first kappa shape index (κ1) is 25.9. The summed E-state index contributed by atoms with van der Waals surface area (Å²) in [5.41, 5.74) is 0.846. The summed E-state index contributed by atoms with van der Waals surface area (Å²) < 4.78 is 0.163. The average molecular weight is 584 g/mol. The van der Waals surface area contributed by atoms with E-state index in [4.69, 9.17) is 11.6 Å². The van der Waals surface area contributed by atoms with Crippen LogP contribution in [0.3, 0.4) is 0 Å². The number of aromatic amines is 1. The molecule has 2 aromatic carbocycles. The van der Waals surface area contributed by atoms with Gasteiger partial charge in [0.15, 0.2) is 5.82 Å². The Morgan fingerprint density at radius 3 is 2.43 bits per heavy atom. The van der Waals surface area contributed by atoms with Crippen molar-refractivity contribution in [2.45, 2.75) is 6.42 Å². The topological polar surface area (TPSA) is 128 Å². The molecule has 37 heavy (non-hydrogen) atoms. The minimum Gasteiger partial charge on any atom is -0.315 e. The Bertz CT molecular complexity index is 1440. The molecule has 0 fully saturated rings. The van der Waals surface area contributed by atoms with Gasteiger partial charge in [0.05, 0.1) is 21.5 Å². The number of aromatic nitrogens is 2. The van der Waals surface area contributed by atoms with E-state index in [0.29, 0.717) is 0 Å². The quantitative estimate of drug-likeness (QED) is 0.408. The lowest BCUT2D eigenvalue weighted by Gasteiger charge is -2.15. The molecule has 0 unspecified atom stereocenters. The Morgan fingerprint density at radius 2 is 1.70 bits per heavy atom. The Kier molecular flexibility index (Phi) is 7.85. The number of carbonyl (C=O) groups excluding carboxylic acids is 4. The smallest absolute Gasteiger partial charge is 0.275 e. The third-order valence-electron chi connectivity index (χ3n) is 5.29. The van der Waals surface area contributed by atoms with E-state index in [0.717, 1.165) is 5.56 Å². The van der Waals surface area contributed by atoms with Crippen molar-refractivity contribution in [3.63, 3.8) is 0 Å². The molecule has 12 heteroatoms. The number of carbonyl (C=O) groups is 4. The van der Waals surface area contributed by atoms with Gasteiger partial charge in [-0.3, -0.25) is 29.2 Å². The minimum atomic E-state index is -0.719. The fourth-order valence-corrected chi connectivity index (χ4v) is 4.01. The second kappa shape index (κ2) is 11.2. The predicted molar refractivity (Wildman–Crippen MR) is 140 cm³/mol. The molecule has 0 saturated carbocycles. The van der Waals surface area contributed by atoms with Gasteiger partial charge < -0.3 is 15.5 Å². The van der Waals surface area contributed by atoms with Crippen molar-refractivity contribution >= 4 is 57.0 Å². The van der Waals surface area contributed by atoms with Crippen LogP contribution in [0, 0.1) is 0 Å². The van der Waals surface area contributed by atoms with Crippen LogP contribution in [0.1, 0.15) is 26.4 Å². The molecular formula is C25H20BrClN6O4. The van der Waals surface area contributed by atoms with Crippen LogP contribution in [-0.2, 0) is 16.0 Å². The number of benzene rings is 2. The lowest BCUT2D eigenvalue weighted by molar-refractivity contribution is -0.125. The fourth-order valence-electron chi connectivity index (χ4n) is 3.34. The second-order valence-corrected chi connectivity index (χ2v) is 9.07. The van der Waals surface area contributed by atoms with E-state index in [9.17, 15) is 19.2 Å².